The fourth-order valence-electron chi connectivity index (χ4n) is 4.84. The first kappa shape index (κ1) is 25.9. The number of amides is 2. The maximum atomic E-state index is 13.3. The zero-order valence-electron chi connectivity index (χ0n) is 20.0. The molecule has 1 saturated carbocycles. The van der Waals surface area contributed by atoms with E-state index in [2.05, 4.69) is 10.3 Å². The number of ether oxygens (including phenoxy) is 2. The van der Waals surface area contributed by atoms with Gasteiger partial charge < -0.3 is 24.6 Å². The van der Waals surface area contributed by atoms with Crippen LogP contribution in [0.1, 0.15) is 31.4 Å². The van der Waals surface area contributed by atoms with Crippen LogP contribution < -0.4 is 10.1 Å². The molecule has 2 aromatic heterocycles. The summed E-state index contributed by atoms with van der Waals surface area (Å²) in [5.41, 5.74) is 1.06. The van der Waals surface area contributed by atoms with Crippen molar-refractivity contribution in [2.45, 2.75) is 44.3 Å². The van der Waals surface area contributed by atoms with Gasteiger partial charge in [-0.2, -0.15) is 0 Å². The highest BCUT2D eigenvalue weighted by Crippen LogP contribution is 2.29. The maximum absolute atomic E-state index is 13.3. The van der Waals surface area contributed by atoms with Crippen LogP contribution >= 0.6 is 22.9 Å². The Morgan fingerprint density at radius 1 is 1.20 bits per heavy atom. The number of piperazine rings is 1. The molecule has 190 valence electrons. The zero-order chi connectivity index (χ0) is 24.6. The van der Waals surface area contributed by atoms with Gasteiger partial charge in [0.2, 0.25) is 5.91 Å². The van der Waals surface area contributed by atoms with Crippen LogP contribution in [-0.2, 0) is 20.9 Å². The Hall–Kier alpha value is -2.20. The summed E-state index contributed by atoms with van der Waals surface area (Å²) in [6, 6.07) is 9.30. The van der Waals surface area contributed by atoms with Crippen molar-refractivity contribution < 1.29 is 19.1 Å². The molecule has 0 radical (unpaired) electrons. The van der Waals surface area contributed by atoms with Gasteiger partial charge in [0.05, 0.1) is 16.6 Å². The number of rotatable bonds is 10. The summed E-state index contributed by atoms with van der Waals surface area (Å²) < 4.78 is 11.5. The van der Waals surface area contributed by atoms with Gasteiger partial charge in [0.1, 0.15) is 6.04 Å². The van der Waals surface area contributed by atoms with Crippen LogP contribution in [0.5, 0.6) is 5.06 Å². The third-order valence-corrected chi connectivity index (χ3v) is 7.88. The van der Waals surface area contributed by atoms with Gasteiger partial charge in [-0.15, -0.1) is 0 Å². The Morgan fingerprint density at radius 3 is 2.71 bits per heavy atom. The van der Waals surface area contributed by atoms with Crippen LogP contribution in [0.25, 0.3) is 0 Å². The van der Waals surface area contributed by atoms with Crippen LogP contribution in [-0.4, -0.2) is 78.6 Å². The van der Waals surface area contributed by atoms with Crippen molar-refractivity contribution in [2.75, 3.05) is 40.0 Å². The van der Waals surface area contributed by atoms with E-state index in [4.69, 9.17) is 21.1 Å². The van der Waals surface area contributed by atoms with Gasteiger partial charge in [0.15, 0.2) is 11.7 Å². The Morgan fingerprint density at radius 2 is 2.03 bits per heavy atom. The molecule has 1 atom stereocenters. The lowest BCUT2D eigenvalue weighted by atomic mass is 9.85. The maximum Gasteiger partial charge on any atom is 0.261 e. The Bertz CT molecular complexity index is 967. The molecule has 0 spiro atoms. The SMILES string of the molecule is COC[C@H]1C(=O)N(C[C@H]2CC[C@@H](NCc3ccccn3)CC2)CCN1C(=O)COc1ccc(Cl)s1. The molecule has 1 aliphatic carbocycles. The predicted molar refractivity (Wildman–Crippen MR) is 136 cm³/mol. The van der Waals surface area contributed by atoms with Crippen LogP contribution in [0.4, 0.5) is 0 Å². The molecule has 8 nitrogen and oxygen atoms in total. The second-order valence-electron chi connectivity index (χ2n) is 9.11. The Balaban J connectivity index is 1.24. The molecule has 2 aliphatic rings. The van der Waals surface area contributed by atoms with Gasteiger partial charge >= 0.3 is 0 Å². The summed E-state index contributed by atoms with van der Waals surface area (Å²) in [7, 11) is 1.55. The lowest BCUT2D eigenvalue weighted by Gasteiger charge is -2.42. The van der Waals surface area contributed by atoms with Gasteiger partial charge in [-0.05, 0) is 55.9 Å². The fraction of sp³-hybridized carbons (Fsp3) is 0.560. The summed E-state index contributed by atoms with van der Waals surface area (Å²) in [6.45, 7) is 2.59. The third kappa shape index (κ3) is 7.16. The third-order valence-electron chi connectivity index (χ3n) is 6.74. The van der Waals surface area contributed by atoms with E-state index >= 15 is 0 Å². The summed E-state index contributed by atoms with van der Waals surface area (Å²) in [6.07, 6.45) is 6.17. The minimum atomic E-state index is -0.617. The van der Waals surface area contributed by atoms with E-state index in [9.17, 15) is 9.59 Å². The molecule has 2 fully saturated rings. The molecule has 0 unspecified atom stereocenters. The Kier molecular flexibility index (Phi) is 9.37. The molecule has 1 saturated heterocycles. The largest absolute Gasteiger partial charge is 0.474 e. The molecule has 2 amide bonds. The first-order chi connectivity index (χ1) is 17.0. The summed E-state index contributed by atoms with van der Waals surface area (Å²) >= 11 is 7.20. The van der Waals surface area contributed by atoms with Crippen molar-refractivity contribution in [2.24, 2.45) is 5.92 Å². The topological polar surface area (TPSA) is 84.0 Å². The summed E-state index contributed by atoms with van der Waals surface area (Å²) in [5, 5.41) is 4.20. The monoisotopic (exact) mass is 520 g/mol. The molecule has 1 aliphatic heterocycles. The standard InChI is InChI=1S/C25H33ClN4O4S/c1-33-16-21-25(32)29(12-13-30(21)23(31)17-34-24-10-9-22(26)35-24)15-18-5-7-19(8-6-18)28-14-20-4-2-3-11-27-20/h2-4,9-11,18-19,21,28H,5-8,12-17H2,1H3/t18-,19+,21-/m0/s1. The van der Waals surface area contributed by atoms with Gasteiger partial charge in [-0.3, -0.25) is 14.6 Å². The molecular formula is C25H33ClN4O4S. The van der Waals surface area contributed by atoms with Crippen LogP contribution in [0.3, 0.4) is 0 Å². The lowest BCUT2D eigenvalue weighted by Crippen LogP contribution is -2.61. The van der Waals surface area contributed by atoms with Crippen molar-refractivity contribution >= 4 is 34.8 Å². The minimum absolute atomic E-state index is 0.0407. The number of pyridine rings is 1. The zero-order valence-corrected chi connectivity index (χ0v) is 21.6. The van der Waals surface area contributed by atoms with Crippen molar-refractivity contribution in [1.82, 2.24) is 20.1 Å². The fourth-order valence-corrected chi connectivity index (χ4v) is 5.71. The molecule has 10 heteroatoms. The van der Waals surface area contributed by atoms with E-state index in [1.807, 2.05) is 29.3 Å². The first-order valence-corrected chi connectivity index (χ1v) is 13.3. The van der Waals surface area contributed by atoms with E-state index < -0.39 is 6.04 Å². The van der Waals surface area contributed by atoms with E-state index in [1.54, 1.807) is 24.1 Å². The summed E-state index contributed by atoms with van der Waals surface area (Å²) in [5.74, 6) is 0.217. The number of nitrogens with one attached hydrogen (secondary N) is 1. The van der Waals surface area contributed by atoms with E-state index in [0.29, 0.717) is 34.4 Å². The first-order valence-electron chi connectivity index (χ1n) is 12.1. The highest BCUT2D eigenvalue weighted by atomic mass is 35.5. The number of thiophene rings is 1. The van der Waals surface area contributed by atoms with Crippen LogP contribution in [0.15, 0.2) is 36.5 Å². The number of aromatic nitrogens is 1. The average Bonchev–Trinajstić information content (AvgIpc) is 3.30. The van der Waals surface area contributed by atoms with Crippen molar-refractivity contribution in [3.8, 4) is 5.06 Å². The molecule has 4 rings (SSSR count). The number of carbonyl (C=O) groups excluding carboxylic acids is 2. The molecule has 0 bridgehead atoms. The quantitative estimate of drug-likeness (QED) is 0.518. The number of halogens is 1. The van der Waals surface area contributed by atoms with Crippen LogP contribution in [0.2, 0.25) is 4.34 Å². The normalized spacial score (nSPS) is 22.9. The number of hydrogen-bond donors (Lipinski definition) is 1. The molecule has 0 aromatic carbocycles. The van der Waals surface area contributed by atoms with Gasteiger partial charge in [-0.1, -0.05) is 29.0 Å². The minimum Gasteiger partial charge on any atom is -0.474 e. The smallest absolute Gasteiger partial charge is 0.261 e. The number of carbonyl (C=O) groups is 2. The summed E-state index contributed by atoms with van der Waals surface area (Å²) in [4.78, 5) is 34.0. The second kappa shape index (κ2) is 12.7. The number of methoxy groups -OCH3 is 1. The van der Waals surface area contributed by atoms with E-state index in [-0.39, 0.29) is 25.0 Å². The van der Waals surface area contributed by atoms with Gasteiger partial charge in [-0.25, -0.2) is 0 Å². The number of nitrogens with zero attached hydrogens (tertiary/aromatic N) is 3. The van der Waals surface area contributed by atoms with Crippen molar-refractivity contribution in [3.05, 3.63) is 46.6 Å². The Labute approximate surface area is 215 Å². The molecule has 35 heavy (non-hydrogen) atoms. The molecule has 2 aromatic rings. The predicted octanol–water partition coefficient (Wildman–Crippen LogP) is 3.21. The van der Waals surface area contributed by atoms with E-state index in [0.717, 1.165) is 44.5 Å². The van der Waals surface area contributed by atoms with E-state index in [1.165, 1.54) is 11.3 Å². The number of hydrogen-bond acceptors (Lipinski definition) is 7. The van der Waals surface area contributed by atoms with Crippen LogP contribution in [0, 0.1) is 5.92 Å². The van der Waals surface area contributed by atoms with Gasteiger partial charge in [0, 0.05) is 45.5 Å². The average molecular weight is 521 g/mol. The van der Waals surface area contributed by atoms with Gasteiger partial charge in [0.25, 0.3) is 5.91 Å². The van der Waals surface area contributed by atoms with Crippen molar-refractivity contribution in [1.29, 1.82) is 0 Å². The highest BCUT2D eigenvalue weighted by Gasteiger charge is 2.38. The van der Waals surface area contributed by atoms with Crippen molar-refractivity contribution in [3.63, 3.8) is 0 Å². The lowest BCUT2D eigenvalue weighted by molar-refractivity contribution is -0.155. The molecular weight excluding hydrogens is 488 g/mol. The highest BCUT2D eigenvalue weighted by molar-refractivity contribution is 7.17. The molecule has 1 N–H and O–H groups in total. The second-order valence-corrected chi connectivity index (χ2v) is 10.8. The molecule has 3 heterocycles.